The third-order valence-electron chi connectivity index (χ3n) is 3.87. The first-order valence-electron chi connectivity index (χ1n) is 7.48. The van der Waals surface area contributed by atoms with Crippen LogP contribution in [0.2, 0.25) is 0 Å². The second-order valence-electron chi connectivity index (χ2n) is 6.14. The number of likely N-dealkylation sites (tertiary alicyclic amines) is 1. The van der Waals surface area contributed by atoms with Gasteiger partial charge >= 0.3 is 0 Å². The van der Waals surface area contributed by atoms with E-state index in [2.05, 4.69) is 19.2 Å². The summed E-state index contributed by atoms with van der Waals surface area (Å²) in [5.41, 5.74) is 0. The van der Waals surface area contributed by atoms with Gasteiger partial charge in [0.1, 0.15) is 6.04 Å². The van der Waals surface area contributed by atoms with E-state index in [1.807, 2.05) is 13.8 Å². The van der Waals surface area contributed by atoms with Gasteiger partial charge < -0.3 is 15.0 Å². The van der Waals surface area contributed by atoms with Crippen molar-refractivity contribution < 1.29 is 14.3 Å². The lowest BCUT2D eigenvalue weighted by atomic mass is 10.0. The maximum absolute atomic E-state index is 12.4. The maximum Gasteiger partial charge on any atom is 0.243 e. The largest absolute Gasteiger partial charge is 0.379 e. The molecule has 1 rings (SSSR count). The first-order valence-corrected chi connectivity index (χ1v) is 7.48. The van der Waals surface area contributed by atoms with Gasteiger partial charge in [0.25, 0.3) is 0 Å². The van der Waals surface area contributed by atoms with E-state index < -0.39 is 0 Å². The van der Waals surface area contributed by atoms with Gasteiger partial charge in [-0.1, -0.05) is 27.7 Å². The lowest BCUT2D eigenvalue weighted by molar-refractivity contribution is -0.139. The van der Waals surface area contributed by atoms with Crippen molar-refractivity contribution in [1.82, 2.24) is 10.2 Å². The van der Waals surface area contributed by atoms with Crippen molar-refractivity contribution in [3.8, 4) is 0 Å². The van der Waals surface area contributed by atoms with Gasteiger partial charge in [-0.05, 0) is 18.3 Å². The van der Waals surface area contributed by atoms with Crippen LogP contribution in [-0.2, 0) is 14.3 Å². The lowest BCUT2D eigenvalue weighted by Crippen LogP contribution is -2.52. The molecule has 0 bridgehead atoms. The minimum absolute atomic E-state index is 0.000965. The minimum atomic E-state index is -0.366. The van der Waals surface area contributed by atoms with Gasteiger partial charge in [-0.3, -0.25) is 9.59 Å². The summed E-state index contributed by atoms with van der Waals surface area (Å²) in [6, 6.07) is -0.366. The fourth-order valence-electron chi connectivity index (χ4n) is 2.66. The Morgan fingerprint density at radius 3 is 2.35 bits per heavy atom. The van der Waals surface area contributed by atoms with Crippen LogP contribution in [0.15, 0.2) is 0 Å². The molecule has 0 radical (unpaired) electrons. The van der Waals surface area contributed by atoms with E-state index in [-0.39, 0.29) is 29.9 Å². The molecular formula is C15H28N2O3. The predicted molar refractivity (Wildman–Crippen MR) is 78.2 cm³/mol. The van der Waals surface area contributed by atoms with Gasteiger partial charge in [0.15, 0.2) is 0 Å². The molecule has 20 heavy (non-hydrogen) atoms. The molecule has 1 N–H and O–H groups in total. The highest BCUT2D eigenvalue weighted by Crippen LogP contribution is 2.19. The van der Waals surface area contributed by atoms with Crippen LogP contribution in [0, 0.1) is 11.8 Å². The van der Waals surface area contributed by atoms with Crippen LogP contribution in [0.5, 0.6) is 0 Å². The van der Waals surface area contributed by atoms with E-state index in [4.69, 9.17) is 4.74 Å². The molecule has 0 aromatic carbocycles. The van der Waals surface area contributed by atoms with Crippen molar-refractivity contribution in [3.05, 3.63) is 0 Å². The number of hydrogen-bond donors (Lipinski definition) is 1. The molecule has 2 amide bonds. The fourth-order valence-corrected chi connectivity index (χ4v) is 2.66. The highest BCUT2D eigenvalue weighted by atomic mass is 16.5. The molecule has 0 aromatic rings. The van der Waals surface area contributed by atoms with Gasteiger partial charge in [0, 0.05) is 26.6 Å². The number of methoxy groups -OCH3 is 1. The summed E-state index contributed by atoms with van der Waals surface area (Å²) in [5, 5.41) is 2.94. The van der Waals surface area contributed by atoms with Crippen molar-refractivity contribution in [2.75, 3.05) is 20.2 Å². The molecular weight excluding hydrogens is 256 g/mol. The topological polar surface area (TPSA) is 58.6 Å². The normalized spacial score (nSPS) is 18.8. The quantitative estimate of drug-likeness (QED) is 0.769. The van der Waals surface area contributed by atoms with E-state index in [1.165, 1.54) is 0 Å². The smallest absolute Gasteiger partial charge is 0.243 e. The molecule has 1 heterocycles. The first kappa shape index (κ1) is 17.0. The predicted octanol–water partition coefficient (Wildman–Crippen LogP) is 1.42. The summed E-state index contributed by atoms with van der Waals surface area (Å²) in [4.78, 5) is 26.0. The van der Waals surface area contributed by atoms with Crippen LogP contribution in [0.1, 0.15) is 40.5 Å². The Morgan fingerprint density at radius 1 is 1.30 bits per heavy atom. The number of amides is 2. The molecule has 0 saturated carbocycles. The molecule has 1 saturated heterocycles. The average molecular weight is 284 g/mol. The first-order chi connectivity index (χ1) is 9.38. The molecule has 1 aliphatic rings. The molecule has 0 aromatic heterocycles. The number of rotatable bonds is 7. The number of carbonyl (C=O) groups excluding carboxylic acids is 2. The number of carbonyl (C=O) groups is 2. The van der Waals surface area contributed by atoms with E-state index in [9.17, 15) is 9.59 Å². The van der Waals surface area contributed by atoms with Crippen LogP contribution in [0.3, 0.4) is 0 Å². The summed E-state index contributed by atoms with van der Waals surface area (Å²) < 4.78 is 5.35. The molecule has 5 nitrogen and oxygen atoms in total. The Bertz CT molecular complexity index is 342. The summed E-state index contributed by atoms with van der Waals surface area (Å²) in [7, 11) is 1.65. The molecule has 0 unspecified atom stereocenters. The third-order valence-corrected chi connectivity index (χ3v) is 3.87. The Kier molecular flexibility index (Phi) is 6.46. The number of nitrogens with one attached hydrogen (secondary N) is 1. The number of hydrogen-bond acceptors (Lipinski definition) is 3. The van der Waals surface area contributed by atoms with E-state index >= 15 is 0 Å². The summed E-state index contributed by atoms with van der Waals surface area (Å²) in [6.07, 6.45) is 1.41. The molecule has 2 atom stereocenters. The van der Waals surface area contributed by atoms with E-state index in [1.54, 1.807) is 12.0 Å². The third kappa shape index (κ3) is 4.20. The summed E-state index contributed by atoms with van der Waals surface area (Å²) in [6.45, 7) is 9.25. The molecule has 116 valence electrons. The van der Waals surface area contributed by atoms with Gasteiger partial charge in [-0.15, -0.1) is 0 Å². The maximum atomic E-state index is 12.4. The van der Waals surface area contributed by atoms with Gasteiger partial charge in [0.2, 0.25) is 11.8 Å². The van der Waals surface area contributed by atoms with Crippen LogP contribution in [-0.4, -0.2) is 49.1 Å². The monoisotopic (exact) mass is 284 g/mol. The molecule has 0 aliphatic carbocycles. The van der Waals surface area contributed by atoms with Gasteiger partial charge in [-0.2, -0.15) is 0 Å². The lowest BCUT2D eigenvalue weighted by Gasteiger charge is -2.30. The SMILES string of the molecule is CO[C@H](CNC(=O)[C@H](C(C)C)N1CCCC1=O)C(C)C. The Balaban J connectivity index is 2.63. The Morgan fingerprint density at radius 2 is 1.95 bits per heavy atom. The fraction of sp³-hybridized carbons (Fsp3) is 0.867. The van der Waals surface area contributed by atoms with E-state index in [0.29, 0.717) is 25.4 Å². The second kappa shape index (κ2) is 7.62. The van der Waals surface area contributed by atoms with Crippen molar-refractivity contribution in [2.24, 2.45) is 11.8 Å². The zero-order valence-corrected chi connectivity index (χ0v) is 13.3. The Hall–Kier alpha value is -1.10. The standard InChI is InChI=1S/C15H28N2O3/c1-10(2)12(20-5)9-16-15(19)14(11(3)4)17-8-6-7-13(17)18/h10-12,14H,6-9H2,1-5H3,(H,16,19)/t12-,14+/m1/s1. The highest BCUT2D eigenvalue weighted by molar-refractivity contribution is 5.88. The molecule has 1 aliphatic heterocycles. The highest BCUT2D eigenvalue weighted by Gasteiger charge is 2.35. The van der Waals surface area contributed by atoms with Gasteiger partial charge in [0.05, 0.1) is 6.10 Å². The van der Waals surface area contributed by atoms with Crippen LogP contribution < -0.4 is 5.32 Å². The van der Waals surface area contributed by atoms with Crippen LogP contribution in [0.25, 0.3) is 0 Å². The van der Waals surface area contributed by atoms with E-state index in [0.717, 1.165) is 6.42 Å². The van der Waals surface area contributed by atoms with Gasteiger partial charge in [-0.25, -0.2) is 0 Å². The molecule has 0 spiro atoms. The Labute approximate surface area is 122 Å². The number of nitrogens with zero attached hydrogens (tertiary/aromatic N) is 1. The van der Waals surface area contributed by atoms with Crippen LogP contribution >= 0.6 is 0 Å². The second-order valence-corrected chi connectivity index (χ2v) is 6.14. The van der Waals surface area contributed by atoms with Crippen molar-refractivity contribution in [1.29, 1.82) is 0 Å². The van der Waals surface area contributed by atoms with Crippen molar-refractivity contribution in [3.63, 3.8) is 0 Å². The van der Waals surface area contributed by atoms with Crippen molar-refractivity contribution in [2.45, 2.75) is 52.7 Å². The zero-order valence-electron chi connectivity index (χ0n) is 13.3. The molecule has 5 heteroatoms. The zero-order chi connectivity index (χ0) is 15.3. The average Bonchev–Trinajstić information content (AvgIpc) is 2.76. The van der Waals surface area contributed by atoms with Crippen LogP contribution in [0.4, 0.5) is 0 Å². The number of ether oxygens (including phenoxy) is 1. The van der Waals surface area contributed by atoms with Crippen molar-refractivity contribution >= 4 is 11.8 Å². The summed E-state index contributed by atoms with van der Waals surface area (Å²) in [5.74, 6) is 0.465. The summed E-state index contributed by atoms with van der Waals surface area (Å²) >= 11 is 0. The minimum Gasteiger partial charge on any atom is -0.379 e. The molecule has 1 fully saturated rings.